The van der Waals surface area contributed by atoms with Gasteiger partial charge in [0, 0.05) is 29.7 Å². The van der Waals surface area contributed by atoms with Crippen molar-refractivity contribution in [3.63, 3.8) is 0 Å². The lowest BCUT2D eigenvalue weighted by molar-refractivity contribution is -0.209. The van der Waals surface area contributed by atoms with E-state index >= 15 is 0 Å². The van der Waals surface area contributed by atoms with Crippen LogP contribution >= 0.6 is 11.3 Å². The van der Waals surface area contributed by atoms with Crippen LogP contribution in [-0.2, 0) is 29.2 Å². The fourth-order valence-corrected chi connectivity index (χ4v) is 7.34. The van der Waals surface area contributed by atoms with E-state index in [2.05, 4.69) is 33.8 Å². The Labute approximate surface area is 218 Å². The molecule has 36 heavy (non-hydrogen) atoms. The lowest BCUT2D eigenvalue weighted by Gasteiger charge is -2.42. The molecule has 0 unspecified atom stereocenters. The van der Waals surface area contributed by atoms with Gasteiger partial charge < -0.3 is 23.8 Å². The minimum atomic E-state index is -0.568. The standard InChI is InChI=1S/C28H41NO6S/c1-17-6-8-18(9-7-17)25(30)29(20-14-23(27(2,3)4)36-24(20)26(31)32-5)19-10-12-28(13-11-19)34-21-15-33-16-22(21)35-28/h14,17-19,21-22H,6-13,15-16H2,1-5H3/t17?,18?,19?,21-,22+,28?. The molecule has 0 radical (unpaired) electrons. The van der Waals surface area contributed by atoms with Crippen LogP contribution in [0.1, 0.15) is 93.6 Å². The first kappa shape index (κ1) is 26.1. The molecule has 0 N–H and O–H groups in total. The minimum Gasteiger partial charge on any atom is -0.465 e. The quantitative estimate of drug-likeness (QED) is 0.493. The zero-order valence-electron chi connectivity index (χ0n) is 22.3. The summed E-state index contributed by atoms with van der Waals surface area (Å²) in [7, 11) is 1.41. The number of anilines is 1. The SMILES string of the molecule is COC(=O)c1sc(C(C)(C)C)cc1N(C(=O)C1CCC(C)CC1)C1CCC2(CC1)O[C@H]1COC[C@H]1O2. The topological polar surface area (TPSA) is 74.3 Å². The lowest BCUT2D eigenvalue weighted by Crippen LogP contribution is -2.49. The van der Waals surface area contributed by atoms with E-state index in [4.69, 9.17) is 18.9 Å². The number of hydrogen-bond donors (Lipinski definition) is 0. The molecule has 1 aromatic heterocycles. The zero-order chi connectivity index (χ0) is 25.7. The highest BCUT2D eigenvalue weighted by atomic mass is 32.1. The molecule has 3 heterocycles. The van der Waals surface area contributed by atoms with Gasteiger partial charge in [0.2, 0.25) is 5.91 Å². The number of nitrogens with zero attached hydrogens (tertiary/aromatic N) is 1. The smallest absolute Gasteiger partial charge is 0.350 e. The van der Waals surface area contributed by atoms with Crippen LogP contribution in [-0.4, -0.2) is 56.2 Å². The Balaban J connectivity index is 1.45. The molecule has 2 saturated carbocycles. The number of carbonyl (C=O) groups excluding carboxylic acids is 2. The first-order valence-electron chi connectivity index (χ1n) is 13.6. The minimum absolute atomic E-state index is 0.00260. The molecule has 2 aliphatic heterocycles. The van der Waals surface area contributed by atoms with Gasteiger partial charge in [-0.2, -0.15) is 0 Å². The second kappa shape index (κ2) is 10.0. The van der Waals surface area contributed by atoms with E-state index in [1.807, 2.05) is 4.90 Å². The van der Waals surface area contributed by atoms with Crippen LogP contribution in [0.15, 0.2) is 6.07 Å². The highest BCUT2D eigenvalue weighted by molar-refractivity contribution is 7.14. The second-order valence-electron chi connectivity index (χ2n) is 12.2. The molecule has 8 heteroatoms. The molecule has 4 fully saturated rings. The van der Waals surface area contributed by atoms with Gasteiger partial charge in [-0.1, -0.05) is 27.7 Å². The van der Waals surface area contributed by atoms with Crippen molar-refractivity contribution in [1.29, 1.82) is 0 Å². The third-order valence-electron chi connectivity index (χ3n) is 8.48. The lowest BCUT2D eigenvalue weighted by atomic mass is 9.81. The Kier molecular flexibility index (Phi) is 7.27. The van der Waals surface area contributed by atoms with Crippen molar-refractivity contribution in [3.05, 3.63) is 15.8 Å². The normalized spacial score (nSPS) is 34.5. The monoisotopic (exact) mass is 519 g/mol. The van der Waals surface area contributed by atoms with Crippen molar-refractivity contribution in [2.24, 2.45) is 11.8 Å². The van der Waals surface area contributed by atoms with Gasteiger partial charge in [0.05, 0.1) is 26.0 Å². The van der Waals surface area contributed by atoms with Crippen molar-refractivity contribution >= 4 is 28.9 Å². The number of esters is 1. The summed E-state index contributed by atoms with van der Waals surface area (Å²) < 4.78 is 23.4. The van der Waals surface area contributed by atoms with Gasteiger partial charge in [0.15, 0.2) is 5.79 Å². The van der Waals surface area contributed by atoms with Crippen LogP contribution in [0.2, 0.25) is 0 Å². The van der Waals surface area contributed by atoms with Crippen LogP contribution in [0.4, 0.5) is 5.69 Å². The Morgan fingerprint density at radius 1 is 1.03 bits per heavy atom. The second-order valence-corrected chi connectivity index (χ2v) is 13.3. The summed E-state index contributed by atoms with van der Waals surface area (Å²) in [6.45, 7) is 9.86. The first-order valence-corrected chi connectivity index (χ1v) is 14.4. The summed E-state index contributed by atoms with van der Waals surface area (Å²) in [6.07, 6.45) is 7.02. The third kappa shape index (κ3) is 4.98. The van der Waals surface area contributed by atoms with E-state index in [0.717, 1.165) is 61.9 Å². The molecule has 0 aromatic carbocycles. The summed E-state index contributed by atoms with van der Waals surface area (Å²) in [4.78, 5) is 30.7. The predicted octanol–water partition coefficient (Wildman–Crippen LogP) is 5.44. The van der Waals surface area contributed by atoms with Gasteiger partial charge in [-0.3, -0.25) is 4.79 Å². The Morgan fingerprint density at radius 2 is 1.64 bits per heavy atom. The van der Waals surface area contributed by atoms with Crippen LogP contribution in [0.3, 0.4) is 0 Å². The molecule has 7 nitrogen and oxygen atoms in total. The molecular weight excluding hydrogens is 478 g/mol. The van der Waals surface area contributed by atoms with Gasteiger partial charge in [-0.05, 0) is 55.9 Å². The predicted molar refractivity (Wildman–Crippen MR) is 139 cm³/mol. The van der Waals surface area contributed by atoms with Gasteiger partial charge in [-0.25, -0.2) is 4.79 Å². The van der Waals surface area contributed by atoms with Gasteiger partial charge in [0.1, 0.15) is 17.1 Å². The number of thiophene rings is 1. The maximum absolute atomic E-state index is 14.2. The maximum atomic E-state index is 14.2. The van der Waals surface area contributed by atoms with Crippen molar-refractivity contribution in [3.8, 4) is 0 Å². The molecule has 1 amide bonds. The number of rotatable bonds is 4. The Hall–Kier alpha value is -1.48. The zero-order valence-corrected chi connectivity index (χ0v) is 23.2. The van der Waals surface area contributed by atoms with Crippen molar-refractivity contribution in [1.82, 2.24) is 0 Å². The summed E-state index contributed by atoms with van der Waals surface area (Å²) in [6, 6.07) is 2.06. The van der Waals surface area contributed by atoms with E-state index < -0.39 is 5.79 Å². The molecule has 200 valence electrons. The van der Waals surface area contributed by atoms with Crippen molar-refractivity contribution in [2.45, 2.75) is 109 Å². The van der Waals surface area contributed by atoms with Crippen LogP contribution in [0.5, 0.6) is 0 Å². The molecular formula is C28H41NO6S. The number of carbonyl (C=O) groups is 2. The number of amides is 1. The van der Waals surface area contributed by atoms with E-state index in [9.17, 15) is 9.59 Å². The highest BCUT2D eigenvalue weighted by Crippen LogP contribution is 2.46. The summed E-state index contributed by atoms with van der Waals surface area (Å²) >= 11 is 1.45. The van der Waals surface area contributed by atoms with Crippen LogP contribution < -0.4 is 4.90 Å². The fraction of sp³-hybridized carbons (Fsp3) is 0.786. The van der Waals surface area contributed by atoms with Crippen LogP contribution in [0, 0.1) is 11.8 Å². The van der Waals surface area contributed by atoms with Gasteiger partial charge in [-0.15, -0.1) is 11.3 Å². The average molecular weight is 520 g/mol. The van der Waals surface area contributed by atoms with Crippen LogP contribution in [0.25, 0.3) is 0 Å². The van der Waals surface area contributed by atoms with Crippen molar-refractivity contribution in [2.75, 3.05) is 25.2 Å². The number of fused-ring (bicyclic) bond motifs is 1. The fourth-order valence-electron chi connectivity index (χ4n) is 6.22. The summed E-state index contributed by atoms with van der Waals surface area (Å²) in [5.74, 6) is -0.124. The molecule has 2 saturated heterocycles. The highest BCUT2D eigenvalue weighted by Gasteiger charge is 2.52. The summed E-state index contributed by atoms with van der Waals surface area (Å²) in [5.41, 5.74) is 0.586. The number of methoxy groups -OCH3 is 1. The average Bonchev–Trinajstić information content (AvgIpc) is 3.54. The first-order chi connectivity index (χ1) is 17.1. The van der Waals surface area contributed by atoms with Gasteiger partial charge >= 0.3 is 5.97 Å². The van der Waals surface area contributed by atoms with E-state index in [0.29, 0.717) is 24.0 Å². The third-order valence-corrected chi connectivity index (χ3v) is 10.0. The molecule has 2 atom stereocenters. The van der Waals surface area contributed by atoms with E-state index in [1.165, 1.54) is 18.4 Å². The molecule has 0 bridgehead atoms. The van der Waals surface area contributed by atoms with E-state index in [1.54, 1.807) is 0 Å². The van der Waals surface area contributed by atoms with E-state index in [-0.39, 0.29) is 41.5 Å². The Bertz CT molecular complexity index is 953. The maximum Gasteiger partial charge on any atom is 0.350 e. The summed E-state index contributed by atoms with van der Waals surface area (Å²) in [5, 5.41) is 0. The molecule has 1 aromatic rings. The molecule has 2 aliphatic carbocycles. The number of hydrogen-bond acceptors (Lipinski definition) is 7. The van der Waals surface area contributed by atoms with Gasteiger partial charge in [0.25, 0.3) is 0 Å². The molecule has 4 aliphatic rings. The Morgan fingerprint density at radius 3 is 2.19 bits per heavy atom. The largest absolute Gasteiger partial charge is 0.465 e. The van der Waals surface area contributed by atoms with Crippen molar-refractivity contribution < 1.29 is 28.5 Å². The molecule has 5 rings (SSSR count). The molecule has 1 spiro atoms. The number of ether oxygens (including phenoxy) is 4.